The minimum atomic E-state index is 0.309. The van der Waals surface area contributed by atoms with Gasteiger partial charge in [0, 0.05) is 25.4 Å². The molecule has 20 heavy (non-hydrogen) atoms. The smallest absolute Gasteiger partial charge is 0.234 e. The van der Waals surface area contributed by atoms with E-state index in [2.05, 4.69) is 22.2 Å². The van der Waals surface area contributed by atoms with Gasteiger partial charge >= 0.3 is 0 Å². The molecule has 0 atom stereocenters. The number of aromatic nitrogens is 4. The molecule has 1 amide bonds. The van der Waals surface area contributed by atoms with Gasteiger partial charge in [-0.25, -0.2) is 0 Å². The highest BCUT2D eigenvalue weighted by Crippen LogP contribution is 2.30. The number of fused-ring (bicyclic) bond motifs is 1. The zero-order valence-corrected chi connectivity index (χ0v) is 12.5. The van der Waals surface area contributed by atoms with Crippen LogP contribution in [0.25, 0.3) is 4.96 Å². The van der Waals surface area contributed by atoms with Crippen LogP contribution in [0.4, 0.5) is 0 Å². The van der Waals surface area contributed by atoms with Crippen LogP contribution in [0.2, 0.25) is 0 Å². The topological polar surface area (TPSA) is 63.4 Å². The molecule has 0 radical (unpaired) electrons. The molecule has 0 saturated carbocycles. The molecule has 1 aliphatic rings. The molecule has 1 aliphatic heterocycles. The van der Waals surface area contributed by atoms with Crippen LogP contribution in [0.15, 0.2) is 6.33 Å². The van der Waals surface area contributed by atoms with Crippen molar-refractivity contribution in [2.24, 2.45) is 0 Å². The Balaban J connectivity index is 1.58. The Bertz CT molecular complexity index is 556. The maximum atomic E-state index is 12.0. The fraction of sp³-hybridized carbons (Fsp3) is 0.692. The lowest BCUT2D eigenvalue weighted by Crippen LogP contribution is -2.37. The van der Waals surface area contributed by atoms with Crippen molar-refractivity contribution in [1.82, 2.24) is 24.7 Å². The highest BCUT2D eigenvalue weighted by atomic mass is 32.1. The van der Waals surface area contributed by atoms with Crippen LogP contribution in [-0.4, -0.2) is 43.7 Å². The van der Waals surface area contributed by atoms with Gasteiger partial charge in [0.05, 0.1) is 0 Å². The molecule has 0 unspecified atom stereocenters. The van der Waals surface area contributed by atoms with Gasteiger partial charge in [-0.15, -0.1) is 10.2 Å². The van der Waals surface area contributed by atoms with E-state index in [0.29, 0.717) is 18.2 Å². The number of nitrogens with zero attached hydrogens (tertiary/aromatic N) is 5. The number of unbranched alkanes of at least 4 members (excludes halogenated alkanes) is 1. The summed E-state index contributed by atoms with van der Waals surface area (Å²) in [5.74, 6) is 0.764. The Labute approximate surface area is 121 Å². The SMILES string of the molecule is CCCCC(=O)N1CCC(c2nn3cnnc3s2)CC1. The van der Waals surface area contributed by atoms with Gasteiger partial charge in [0.2, 0.25) is 10.9 Å². The highest BCUT2D eigenvalue weighted by Gasteiger charge is 2.26. The van der Waals surface area contributed by atoms with Crippen LogP contribution in [-0.2, 0) is 4.79 Å². The first-order valence-electron chi connectivity index (χ1n) is 7.22. The largest absolute Gasteiger partial charge is 0.343 e. The van der Waals surface area contributed by atoms with E-state index in [-0.39, 0.29) is 0 Å². The molecule has 7 heteroatoms. The third-order valence-corrected chi connectivity index (χ3v) is 4.92. The summed E-state index contributed by atoms with van der Waals surface area (Å²) in [5, 5.41) is 13.5. The van der Waals surface area contributed by atoms with Crippen LogP contribution in [0.1, 0.15) is 50.0 Å². The van der Waals surface area contributed by atoms with Gasteiger partial charge < -0.3 is 4.90 Å². The number of likely N-dealkylation sites (tertiary alicyclic amines) is 1. The van der Waals surface area contributed by atoms with E-state index in [1.165, 1.54) is 0 Å². The van der Waals surface area contributed by atoms with Crippen LogP contribution < -0.4 is 0 Å². The third kappa shape index (κ3) is 2.67. The molecule has 0 aliphatic carbocycles. The Hall–Kier alpha value is -1.50. The summed E-state index contributed by atoms with van der Waals surface area (Å²) in [7, 11) is 0. The molecule has 108 valence electrons. The molecule has 2 aromatic heterocycles. The van der Waals surface area contributed by atoms with Crippen molar-refractivity contribution in [2.75, 3.05) is 13.1 Å². The summed E-state index contributed by atoms with van der Waals surface area (Å²) >= 11 is 1.61. The number of hydrogen-bond acceptors (Lipinski definition) is 5. The van der Waals surface area contributed by atoms with Gasteiger partial charge in [0.25, 0.3) is 0 Å². The minimum Gasteiger partial charge on any atom is -0.343 e. The maximum absolute atomic E-state index is 12.0. The number of carbonyl (C=O) groups is 1. The van der Waals surface area contributed by atoms with Crippen molar-refractivity contribution in [3.63, 3.8) is 0 Å². The summed E-state index contributed by atoms with van der Waals surface area (Å²) in [4.78, 5) is 14.8. The number of hydrogen-bond donors (Lipinski definition) is 0. The monoisotopic (exact) mass is 293 g/mol. The molecule has 0 spiro atoms. The first-order chi connectivity index (χ1) is 9.78. The summed E-state index contributed by atoms with van der Waals surface area (Å²) in [6, 6.07) is 0. The number of carbonyl (C=O) groups excluding carboxylic acids is 1. The molecule has 1 fully saturated rings. The number of piperidine rings is 1. The Kier molecular flexibility index (Phi) is 3.95. The van der Waals surface area contributed by atoms with Gasteiger partial charge in [-0.2, -0.15) is 9.61 Å². The van der Waals surface area contributed by atoms with Crippen LogP contribution in [0.5, 0.6) is 0 Å². The van der Waals surface area contributed by atoms with Crippen LogP contribution in [0, 0.1) is 0 Å². The Morgan fingerprint density at radius 2 is 2.25 bits per heavy atom. The van der Waals surface area contributed by atoms with E-state index in [1.54, 1.807) is 22.2 Å². The predicted octanol–water partition coefficient (Wildman–Crippen LogP) is 2.08. The van der Waals surface area contributed by atoms with Crippen molar-refractivity contribution in [3.05, 3.63) is 11.3 Å². The lowest BCUT2D eigenvalue weighted by molar-refractivity contribution is -0.132. The number of rotatable bonds is 4. The van der Waals surface area contributed by atoms with E-state index in [4.69, 9.17) is 0 Å². The molecule has 0 N–H and O–H groups in total. The quantitative estimate of drug-likeness (QED) is 0.866. The molecule has 1 saturated heterocycles. The normalized spacial score (nSPS) is 16.9. The summed E-state index contributed by atoms with van der Waals surface area (Å²) in [6.07, 6.45) is 6.41. The molecule has 6 nitrogen and oxygen atoms in total. The van der Waals surface area contributed by atoms with Crippen molar-refractivity contribution in [2.45, 2.75) is 44.9 Å². The lowest BCUT2D eigenvalue weighted by Gasteiger charge is -2.31. The molecular weight excluding hydrogens is 274 g/mol. The average Bonchev–Trinajstić information content (AvgIpc) is 3.06. The second-order valence-electron chi connectivity index (χ2n) is 5.26. The van der Waals surface area contributed by atoms with E-state index in [1.807, 2.05) is 4.90 Å². The van der Waals surface area contributed by atoms with Gasteiger partial charge in [0.1, 0.15) is 11.3 Å². The first-order valence-corrected chi connectivity index (χ1v) is 8.04. The first kappa shape index (κ1) is 13.5. The van der Waals surface area contributed by atoms with Gasteiger partial charge in [-0.05, 0) is 19.3 Å². The van der Waals surface area contributed by atoms with Crippen LogP contribution >= 0.6 is 11.3 Å². The Morgan fingerprint density at radius 1 is 1.45 bits per heavy atom. The van der Waals surface area contributed by atoms with E-state index in [9.17, 15) is 4.79 Å². The fourth-order valence-electron chi connectivity index (χ4n) is 2.60. The van der Waals surface area contributed by atoms with Gasteiger partial charge in [0.15, 0.2) is 0 Å². The average molecular weight is 293 g/mol. The molecule has 3 heterocycles. The van der Waals surface area contributed by atoms with Gasteiger partial charge in [-0.3, -0.25) is 4.79 Å². The van der Waals surface area contributed by atoms with Crippen molar-refractivity contribution in [1.29, 1.82) is 0 Å². The van der Waals surface area contributed by atoms with E-state index < -0.39 is 0 Å². The second-order valence-corrected chi connectivity index (χ2v) is 6.24. The lowest BCUT2D eigenvalue weighted by atomic mass is 9.97. The molecule has 3 rings (SSSR count). The van der Waals surface area contributed by atoms with Crippen LogP contribution in [0.3, 0.4) is 0 Å². The van der Waals surface area contributed by atoms with E-state index in [0.717, 1.165) is 48.7 Å². The molecule has 0 bridgehead atoms. The molecule has 2 aromatic rings. The summed E-state index contributed by atoms with van der Waals surface area (Å²) in [6.45, 7) is 3.83. The summed E-state index contributed by atoms with van der Waals surface area (Å²) < 4.78 is 1.73. The maximum Gasteiger partial charge on any atom is 0.234 e. The Morgan fingerprint density at radius 3 is 2.95 bits per heavy atom. The zero-order chi connectivity index (χ0) is 13.9. The predicted molar refractivity (Wildman–Crippen MR) is 76.7 cm³/mol. The second kappa shape index (κ2) is 5.87. The third-order valence-electron chi connectivity index (χ3n) is 3.84. The standard InChI is InChI=1S/C13H19N5OS/c1-2-3-4-11(19)17-7-5-10(6-8-17)12-16-18-9-14-15-13(18)20-12/h9-10H,2-8H2,1H3. The molecular formula is C13H19N5OS. The van der Waals surface area contributed by atoms with E-state index >= 15 is 0 Å². The van der Waals surface area contributed by atoms with Crippen molar-refractivity contribution >= 4 is 22.2 Å². The van der Waals surface area contributed by atoms with Crippen molar-refractivity contribution < 1.29 is 4.79 Å². The van der Waals surface area contributed by atoms with Gasteiger partial charge in [-0.1, -0.05) is 24.7 Å². The highest BCUT2D eigenvalue weighted by molar-refractivity contribution is 7.16. The molecule has 0 aromatic carbocycles. The minimum absolute atomic E-state index is 0.309. The zero-order valence-electron chi connectivity index (χ0n) is 11.7. The summed E-state index contributed by atoms with van der Waals surface area (Å²) in [5.41, 5.74) is 0. The fourth-order valence-corrected chi connectivity index (χ4v) is 3.59. The number of amides is 1. The van der Waals surface area contributed by atoms with Crippen molar-refractivity contribution in [3.8, 4) is 0 Å².